The van der Waals surface area contributed by atoms with E-state index in [0.29, 0.717) is 22.3 Å². The lowest BCUT2D eigenvalue weighted by Crippen LogP contribution is -2.06. The zero-order valence-electron chi connectivity index (χ0n) is 15.5. The van der Waals surface area contributed by atoms with Gasteiger partial charge in [0.05, 0.1) is 5.56 Å². The summed E-state index contributed by atoms with van der Waals surface area (Å²) in [6.45, 7) is 2.61. The Bertz CT molecular complexity index is 1040. The molecule has 29 heavy (non-hydrogen) atoms. The van der Waals surface area contributed by atoms with Crippen LogP contribution >= 0.6 is 39.1 Å². The minimum atomic E-state index is -0.962. The molecule has 0 saturated heterocycles. The van der Waals surface area contributed by atoms with Crippen molar-refractivity contribution in [2.45, 2.75) is 20.1 Å². The second kappa shape index (κ2) is 9.53. The molecule has 0 aliphatic rings. The predicted molar refractivity (Wildman–Crippen MR) is 120 cm³/mol. The quantitative estimate of drug-likeness (QED) is 0.373. The normalized spacial score (nSPS) is 10.6. The van der Waals surface area contributed by atoms with E-state index in [2.05, 4.69) is 21.2 Å². The number of carbonyl (C=O) groups is 1. The summed E-state index contributed by atoms with van der Waals surface area (Å²) in [5.41, 5.74) is 3.57. The molecule has 0 aliphatic carbocycles. The van der Waals surface area contributed by atoms with Crippen molar-refractivity contribution in [3.05, 3.63) is 91.4 Å². The molecule has 3 aromatic carbocycles. The number of hydrogen-bond acceptors (Lipinski definition) is 3. The van der Waals surface area contributed by atoms with Gasteiger partial charge in [-0.3, -0.25) is 0 Å². The average Bonchev–Trinajstić information content (AvgIpc) is 2.68. The zero-order valence-corrected chi connectivity index (χ0v) is 18.6. The van der Waals surface area contributed by atoms with E-state index in [4.69, 9.17) is 27.9 Å². The number of aryl methyl sites for hydroxylation is 1. The summed E-state index contributed by atoms with van der Waals surface area (Å²) in [6, 6.07) is 16.0. The first-order chi connectivity index (χ1) is 13.8. The van der Waals surface area contributed by atoms with E-state index in [9.17, 15) is 9.90 Å². The van der Waals surface area contributed by atoms with E-state index in [1.165, 1.54) is 0 Å². The molecular formula is C22H18BrCl2NO3. The van der Waals surface area contributed by atoms with Crippen LogP contribution in [0.25, 0.3) is 0 Å². The molecule has 3 rings (SSSR count). The van der Waals surface area contributed by atoms with Gasteiger partial charge in [0.1, 0.15) is 12.4 Å². The second-order valence-electron chi connectivity index (χ2n) is 6.43. The van der Waals surface area contributed by atoms with Crippen molar-refractivity contribution in [2.75, 3.05) is 5.32 Å². The van der Waals surface area contributed by atoms with Crippen LogP contribution in [0.3, 0.4) is 0 Å². The number of ether oxygens (including phenoxy) is 1. The summed E-state index contributed by atoms with van der Waals surface area (Å²) in [5.74, 6) is -0.278. The molecule has 0 fully saturated rings. The molecule has 0 spiro atoms. The Morgan fingerprint density at radius 1 is 1.10 bits per heavy atom. The molecule has 0 aromatic heterocycles. The van der Waals surface area contributed by atoms with Crippen molar-refractivity contribution >= 4 is 50.8 Å². The summed E-state index contributed by atoms with van der Waals surface area (Å²) in [5, 5.41) is 13.6. The second-order valence-corrected chi connectivity index (χ2v) is 8.16. The summed E-state index contributed by atoms with van der Waals surface area (Å²) in [4.78, 5) is 11.2. The number of aromatic carboxylic acids is 1. The lowest BCUT2D eigenvalue weighted by molar-refractivity contribution is 0.0697. The van der Waals surface area contributed by atoms with Gasteiger partial charge in [-0.2, -0.15) is 0 Å². The Labute approximate surface area is 187 Å². The molecule has 4 nitrogen and oxygen atoms in total. The molecule has 0 radical (unpaired) electrons. The minimum Gasteiger partial charge on any atom is -0.488 e. The fourth-order valence-electron chi connectivity index (χ4n) is 2.78. The molecule has 0 atom stereocenters. The minimum absolute atomic E-state index is 0.233. The SMILES string of the molecule is Cc1ccc(C(=O)O)cc1NCc1cc(Br)ccc1OCc1c(Cl)cccc1Cl. The van der Waals surface area contributed by atoms with Crippen LogP contribution in [0.15, 0.2) is 59.1 Å². The number of rotatable bonds is 7. The molecule has 3 aromatic rings. The van der Waals surface area contributed by atoms with Crippen LogP contribution in [-0.4, -0.2) is 11.1 Å². The maximum absolute atomic E-state index is 11.2. The van der Waals surface area contributed by atoms with E-state index in [1.54, 1.807) is 36.4 Å². The van der Waals surface area contributed by atoms with Gasteiger partial charge in [-0.1, -0.05) is 51.3 Å². The number of carboxylic acids is 1. The monoisotopic (exact) mass is 493 g/mol. The Kier molecular flexibility index (Phi) is 7.06. The van der Waals surface area contributed by atoms with Crippen molar-refractivity contribution in [3.63, 3.8) is 0 Å². The molecule has 0 amide bonds. The van der Waals surface area contributed by atoms with Crippen LogP contribution in [0.5, 0.6) is 5.75 Å². The Morgan fingerprint density at radius 2 is 1.83 bits per heavy atom. The van der Waals surface area contributed by atoms with E-state index < -0.39 is 5.97 Å². The average molecular weight is 495 g/mol. The highest BCUT2D eigenvalue weighted by molar-refractivity contribution is 9.10. The van der Waals surface area contributed by atoms with Crippen molar-refractivity contribution in [2.24, 2.45) is 0 Å². The van der Waals surface area contributed by atoms with Gasteiger partial charge in [-0.25, -0.2) is 4.79 Å². The van der Waals surface area contributed by atoms with Gasteiger partial charge < -0.3 is 15.2 Å². The molecule has 0 bridgehead atoms. The first kappa shape index (κ1) is 21.5. The number of anilines is 1. The van der Waals surface area contributed by atoms with Gasteiger partial charge in [0.2, 0.25) is 0 Å². The first-order valence-electron chi connectivity index (χ1n) is 8.77. The third-order valence-corrected chi connectivity index (χ3v) is 5.61. The maximum Gasteiger partial charge on any atom is 0.335 e. The smallest absolute Gasteiger partial charge is 0.335 e. The fraction of sp³-hybridized carbons (Fsp3) is 0.136. The lowest BCUT2D eigenvalue weighted by atomic mass is 10.1. The zero-order chi connectivity index (χ0) is 21.0. The molecule has 0 unspecified atom stereocenters. The number of benzene rings is 3. The molecular weight excluding hydrogens is 477 g/mol. The Balaban J connectivity index is 1.79. The van der Waals surface area contributed by atoms with Gasteiger partial charge in [0.25, 0.3) is 0 Å². The van der Waals surface area contributed by atoms with E-state index in [-0.39, 0.29) is 12.2 Å². The first-order valence-corrected chi connectivity index (χ1v) is 10.3. The molecule has 0 heterocycles. The number of halogens is 3. The lowest BCUT2D eigenvalue weighted by Gasteiger charge is -2.16. The summed E-state index contributed by atoms with van der Waals surface area (Å²) in [7, 11) is 0. The van der Waals surface area contributed by atoms with E-state index >= 15 is 0 Å². The molecule has 0 aliphatic heterocycles. The van der Waals surface area contributed by atoms with Crippen LogP contribution in [0.4, 0.5) is 5.69 Å². The summed E-state index contributed by atoms with van der Waals surface area (Å²) in [6.07, 6.45) is 0. The van der Waals surface area contributed by atoms with Crippen LogP contribution in [0.2, 0.25) is 10.0 Å². The van der Waals surface area contributed by atoms with Crippen molar-refractivity contribution in [3.8, 4) is 5.75 Å². The van der Waals surface area contributed by atoms with Crippen LogP contribution < -0.4 is 10.1 Å². The standard InChI is InChI=1S/C22H18BrCl2NO3/c1-13-5-6-14(22(27)28)10-20(13)26-11-15-9-16(23)7-8-21(15)29-12-17-18(24)3-2-4-19(17)25/h2-10,26H,11-12H2,1H3,(H,27,28). The van der Waals surface area contributed by atoms with E-state index in [0.717, 1.165) is 26.9 Å². The number of nitrogens with one attached hydrogen (secondary N) is 1. The van der Waals surface area contributed by atoms with Crippen LogP contribution in [0.1, 0.15) is 27.0 Å². The number of hydrogen-bond donors (Lipinski definition) is 2. The maximum atomic E-state index is 11.2. The highest BCUT2D eigenvalue weighted by Gasteiger charge is 2.11. The molecule has 2 N–H and O–H groups in total. The van der Waals surface area contributed by atoms with Gasteiger partial charge in [0, 0.05) is 37.9 Å². The molecule has 0 saturated carbocycles. The highest BCUT2D eigenvalue weighted by atomic mass is 79.9. The predicted octanol–water partition coefficient (Wildman–Crippen LogP) is 6.95. The van der Waals surface area contributed by atoms with Crippen LogP contribution in [0, 0.1) is 6.92 Å². The third kappa shape index (κ3) is 5.44. The number of carboxylic acid groups (broad SMARTS) is 1. The van der Waals surface area contributed by atoms with Crippen molar-refractivity contribution in [1.82, 2.24) is 0 Å². The third-order valence-electron chi connectivity index (χ3n) is 4.41. The summed E-state index contributed by atoms with van der Waals surface area (Å²) >= 11 is 15.9. The van der Waals surface area contributed by atoms with Gasteiger partial charge in [-0.05, 0) is 55.0 Å². The van der Waals surface area contributed by atoms with Crippen LogP contribution in [-0.2, 0) is 13.2 Å². The van der Waals surface area contributed by atoms with Crippen molar-refractivity contribution in [1.29, 1.82) is 0 Å². The Hall–Kier alpha value is -2.21. The van der Waals surface area contributed by atoms with E-state index in [1.807, 2.05) is 25.1 Å². The molecule has 150 valence electrons. The highest BCUT2D eigenvalue weighted by Crippen LogP contribution is 2.29. The topological polar surface area (TPSA) is 58.6 Å². The van der Waals surface area contributed by atoms with Gasteiger partial charge in [0.15, 0.2) is 0 Å². The van der Waals surface area contributed by atoms with Crippen molar-refractivity contribution < 1.29 is 14.6 Å². The molecule has 7 heteroatoms. The van der Waals surface area contributed by atoms with Gasteiger partial charge >= 0.3 is 5.97 Å². The van der Waals surface area contributed by atoms with Gasteiger partial charge in [-0.15, -0.1) is 0 Å². The largest absolute Gasteiger partial charge is 0.488 e. The Morgan fingerprint density at radius 3 is 2.52 bits per heavy atom. The fourth-order valence-corrected chi connectivity index (χ4v) is 3.70. The summed E-state index contributed by atoms with van der Waals surface area (Å²) < 4.78 is 6.91.